The summed E-state index contributed by atoms with van der Waals surface area (Å²) >= 11 is 1.84. The van der Waals surface area contributed by atoms with Crippen LogP contribution in [0.15, 0.2) is 41.8 Å². The van der Waals surface area contributed by atoms with Crippen LogP contribution in [0.3, 0.4) is 0 Å². The molecule has 3 nitrogen and oxygen atoms in total. The quantitative estimate of drug-likeness (QED) is 0.850. The lowest BCUT2D eigenvalue weighted by Crippen LogP contribution is -2.42. The van der Waals surface area contributed by atoms with Crippen molar-refractivity contribution in [3.63, 3.8) is 0 Å². The van der Waals surface area contributed by atoms with Crippen molar-refractivity contribution < 1.29 is 4.79 Å². The summed E-state index contributed by atoms with van der Waals surface area (Å²) in [6.07, 6.45) is 1.06. The Kier molecular flexibility index (Phi) is 4.83. The molecular weight excluding hydrogens is 304 g/mol. The van der Waals surface area contributed by atoms with Gasteiger partial charge in [-0.25, -0.2) is 0 Å². The Morgan fingerprint density at radius 2 is 2.09 bits per heavy atom. The van der Waals surface area contributed by atoms with Gasteiger partial charge in [0.25, 0.3) is 0 Å². The fraction of sp³-hybridized carbons (Fsp3) is 0.421. The topological polar surface area (TPSA) is 23.6 Å². The highest BCUT2D eigenvalue weighted by Crippen LogP contribution is 2.32. The summed E-state index contributed by atoms with van der Waals surface area (Å²) < 4.78 is 0. The minimum Gasteiger partial charge on any atom is -0.338 e. The molecule has 23 heavy (non-hydrogen) atoms. The number of carbonyl (C=O) groups is 1. The van der Waals surface area contributed by atoms with Gasteiger partial charge in [0.1, 0.15) is 0 Å². The Balaban J connectivity index is 1.65. The van der Waals surface area contributed by atoms with E-state index < -0.39 is 0 Å². The Hall–Kier alpha value is -1.65. The van der Waals surface area contributed by atoms with E-state index in [2.05, 4.69) is 42.3 Å². The van der Waals surface area contributed by atoms with Crippen LogP contribution in [-0.2, 0) is 11.2 Å². The van der Waals surface area contributed by atoms with Gasteiger partial charge in [0.2, 0.25) is 5.91 Å². The Morgan fingerprint density at radius 1 is 1.35 bits per heavy atom. The number of likely N-dealkylation sites (N-methyl/N-ethyl adjacent to an activating group) is 1. The second-order valence-electron chi connectivity index (χ2n) is 6.29. The second-order valence-corrected chi connectivity index (χ2v) is 7.29. The molecule has 1 aliphatic rings. The third-order valence-electron chi connectivity index (χ3n) is 5.00. The summed E-state index contributed by atoms with van der Waals surface area (Å²) in [5, 5.41) is 2.16. The molecule has 0 bridgehead atoms. The van der Waals surface area contributed by atoms with Crippen molar-refractivity contribution in [3.8, 4) is 0 Å². The van der Waals surface area contributed by atoms with E-state index in [9.17, 15) is 4.79 Å². The minimum atomic E-state index is 0.0977. The maximum absolute atomic E-state index is 12.7. The number of amides is 1. The molecule has 0 unspecified atom stereocenters. The van der Waals surface area contributed by atoms with Crippen LogP contribution in [-0.4, -0.2) is 35.8 Å². The first kappa shape index (κ1) is 16.2. The van der Waals surface area contributed by atoms with E-state index in [1.54, 1.807) is 0 Å². The van der Waals surface area contributed by atoms with Gasteiger partial charge in [0, 0.05) is 24.5 Å². The molecule has 2 aromatic rings. The molecule has 0 saturated heterocycles. The maximum atomic E-state index is 12.7. The molecule has 0 radical (unpaired) electrons. The lowest BCUT2D eigenvalue weighted by Gasteiger charge is -2.35. The van der Waals surface area contributed by atoms with Crippen molar-refractivity contribution in [3.05, 3.63) is 57.8 Å². The minimum absolute atomic E-state index is 0.0977. The number of fused-ring (bicyclic) bond motifs is 1. The van der Waals surface area contributed by atoms with Crippen molar-refractivity contribution in [2.24, 2.45) is 0 Å². The Labute approximate surface area is 142 Å². The van der Waals surface area contributed by atoms with Gasteiger partial charge in [-0.3, -0.25) is 9.69 Å². The summed E-state index contributed by atoms with van der Waals surface area (Å²) in [6, 6.07) is 12.8. The molecule has 2 atom stereocenters. The van der Waals surface area contributed by atoms with Gasteiger partial charge in [-0.1, -0.05) is 30.3 Å². The molecule has 1 amide bonds. The lowest BCUT2D eigenvalue weighted by atomic mass is 10.0. The van der Waals surface area contributed by atoms with Gasteiger partial charge in [0.15, 0.2) is 0 Å². The third kappa shape index (κ3) is 3.33. The predicted molar refractivity (Wildman–Crippen MR) is 95.6 cm³/mol. The first-order chi connectivity index (χ1) is 11.1. The molecule has 3 rings (SSSR count). The first-order valence-corrected chi connectivity index (χ1v) is 9.07. The third-order valence-corrected chi connectivity index (χ3v) is 5.99. The number of hydrogen-bond acceptors (Lipinski definition) is 3. The fourth-order valence-corrected chi connectivity index (χ4v) is 4.20. The fourth-order valence-electron chi connectivity index (χ4n) is 3.23. The average molecular weight is 328 g/mol. The summed E-state index contributed by atoms with van der Waals surface area (Å²) in [6.45, 7) is 5.75. The zero-order chi connectivity index (χ0) is 16.4. The summed E-state index contributed by atoms with van der Waals surface area (Å²) in [7, 11) is 1.91. The van der Waals surface area contributed by atoms with E-state index in [4.69, 9.17) is 0 Å². The predicted octanol–water partition coefficient (Wildman–Crippen LogP) is 3.89. The van der Waals surface area contributed by atoms with Crippen LogP contribution in [0.4, 0.5) is 0 Å². The van der Waals surface area contributed by atoms with Gasteiger partial charge in [-0.2, -0.15) is 0 Å². The van der Waals surface area contributed by atoms with Gasteiger partial charge in [-0.15, -0.1) is 11.3 Å². The number of rotatable bonds is 4. The molecule has 0 N–H and O–H groups in total. The number of hydrogen-bond donors (Lipinski definition) is 0. The molecular formula is C19H24N2OS. The van der Waals surface area contributed by atoms with E-state index >= 15 is 0 Å². The van der Waals surface area contributed by atoms with Crippen LogP contribution in [0.2, 0.25) is 0 Å². The highest BCUT2D eigenvalue weighted by atomic mass is 32.1. The van der Waals surface area contributed by atoms with Crippen LogP contribution in [0.5, 0.6) is 0 Å². The van der Waals surface area contributed by atoms with E-state index in [0.29, 0.717) is 12.6 Å². The molecule has 0 aliphatic carbocycles. The second kappa shape index (κ2) is 6.85. The Morgan fingerprint density at radius 3 is 2.83 bits per heavy atom. The number of carbonyl (C=O) groups excluding carboxylic acids is 1. The van der Waals surface area contributed by atoms with Gasteiger partial charge < -0.3 is 4.90 Å². The maximum Gasteiger partial charge on any atom is 0.237 e. The van der Waals surface area contributed by atoms with Crippen molar-refractivity contribution in [1.82, 2.24) is 9.80 Å². The van der Waals surface area contributed by atoms with Gasteiger partial charge in [0.05, 0.1) is 12.6 Å². The van der Waals surface area contributed by atoms with E-state index in [1.807, 2.05) is 41.5 Å². The largest absolute Gasteiger partial charge is 0.338 e. The molecule has 2 heterocycles. The molecule has 1 aromatic carbocycles. The monoisotopic (exact) mass is 328 g/mol. The smallest absolute Gasteiger partial charge is 0.237 e. The number of nitrogens with zero attached hydrogens (tertiary/aromatic N) is 2. The molecule has 0 spiro atoms. The van der Waals surface area contributed by atoms with E-state index in [1.165, 1.54) is 16.0 Å². The summed E-state index contributed by atoms with van der Waals surface area (Å²) in [5.41, 5.74) is 2.57. The lowest BCUT2D eigenvalue weighted by molar-refractivity contribution is -0.133. The number of benzene rings is 1. The van der Waals surface area contributed by atoms with Crippen LogP contribution in [0.1, 0.15) is 41.9 Å². The number of thiophene rings is 1. The highest BCUT2D eigenvalue weighted by molar-refractivity contribution is 7.10. The van der Waals surface area contributed by atoms with Crippen molar-refractivity contribution in [2.45, 2.75) is 32.4 Å². The van der Waals surface area contributed by atoms with Gasteiger partial charge in [-0.05, 0) is 42.8 Å². The Bertz CT molecular complexity index is 667. The zero-order valence-electron chi connectivity index (χ0n) is 14.0. The van der Waals surface area contributed by atoms with E-state index in [0.717, 1.165) is 13.0 Å². The summed E-state index contributed by atoms with van der Waals surface area (Å²) in [5.74, 6) is 0.187. The molecule has 4 heteroatoms. The van der Waals surface area contributed by atoms with E-state index in [-0.39, 0.29) is 11.9 Å². The molecule has 0 fully saturated rings. The first-order valence-electron chi connectivity index (χ1n) is 8.19. The molecule has 0 saturated carbocycles. The SMILES string of the molecule is C[C@@H]1c2ccsc2CCN1CC(=O)N(C)[C@@H](C)c1ccccc1. The zero-order valence-corrected chi connectivity index (χ0v) is 14.8. The normalized spacial score (nSPS) is 19.2. The molecule has 122 valence electrons. The van der Waals surface area contributed by atoms with Gasteiger partial charge >= 0.3 is 0 Å². The standard InChI is InChI=1S/C19H24N2OS/c1-14(16-7-5-4-6-8-16)20(3)19(22)13-21-11-9-18-17(15(21)2)10-12-23-18/h4-8,10,12,14-15H,9,11,13H2,1-3H3/t14-,15+/m0/s1. The molecule has 1 aromatic heterocycles. The summed E-state index contributed by atoms with van der Waals surface area (Å²) in [4.78, 5) is 18.4. The van der Waals surface area contributed by atoms with Crippen LogP contribution < -0.4 is 0 Å². The van der Waals surface area contributed by atoms with Crippen molar-refractivity contribution in [1.29, 1.82) is 0 Å². The van der Waals surface area contributed by atoms with Crippen molar-refractivity contribution >= 4 is 17.2 Å². The van der Waals surface area contributed by atoms with Crippen LogP contribution >= 0.6 is 11.3 Å². The van der Waals surface area contributed by atoms with Crippen molar-refractivity contribution in [2.75, 3.05) is 20.1 Å². The average Bonchev–Trinajstić information content (AvgIpc) is 3.06. The highest BCUT2D eigenvalue weighted by Gasteiger charge is 2.28. The van der Waals surface area contributed by atoms with Crippen LogP contribution in [0, 0.1) is 0 Å². The molecule has 1 aliphatic heterocycles. The van der Waals surface area contributed by atoms with Crippen LogP contribution in [0.25, 0.3) is 0 Å².